The zero-order chi connectivity index (χ0) is 14.5. The van der Waals surface area contributed by atoms with E-state index in [1.54, 1.807) is 10.7 Å². The van der Waals surface area contributed by atoms with Crippen LogP contribution in [-0.4, -0.2) is 35.5 Å². The van der Waals surface area contributed by atoms with Crippen molar-refractivity contribution in [1.29, 1.82) is 0 Å². The van der Waals surface area contributed by atoms with Crippen molar-refractivity contribution in [3.63, 3.8) is 0 Å². The zero-order valence-electron chi connectivity index (χ0n) is 12.8. The summed E-state index contributed by atoms with van der Waals surface area (Å²) in [7, 11) is 0. The molecular weight excluding hydrogens is 252 g/mol. The molecule has 1 aromatic rings. The van der Waals surface area contributed by atoms with Gasteiger partial charge in [0.05, 0.1) is 18.4 Å². The van der Waals surface area contributed by atoms with E-state index >= 15 is 0 Å². The minimum absolute atomic E-state index is 0.00190. The standard InChI is InChI=1S/C15H26N4O/c1-4-16-14(12-7-8-12)11-19-15(20)9-13(10-17-19)18(5-2)6-3/h9-10,12,14,16H,4-8,11H2,1-3H3. The van der Waals surface area contributed by atoms with Crippen LogP contribution >= 0.6 is 0 Å². The summed E-state index contributed by atoms with van der Waals surface area (Å²) in [6.07, 6.45) is 4.35. The molecule has 1 aromatic heterocycles. The smallest absolute Gasteiger partial charge is 0.268 e. The SMILES string of the molecule is CCNC(Cn1ncc(N(CC)CC)cc1=O)C1CC1. The molecule has 1 fully saturated rings. The van der Waals surface area contributed by atoms with Crippen LogP contribution in [0.15, 0.2) is 17.1 Å². The highest BCUT2D eigenvalue weighted by Crippen LogP contribution is 2.33. The van der Waals surface area contributed by atoms with Gasteiger partial charge in [-0.1, -0.05) is 6.92 Å². The summed E-state index contributed by atoms with van der Waals surface area (Å²) in [5.41, 5.74) is 0.917. The highest BCUT2D eigenvalue weighted by molar-refractivity contribution is 5.42. The first-order valence-corrected chi connectivity index (χ1v) is 7.75. The van der Waals surface area contributed by atoms with Crippen LogP contribution in [0.4, 0.5) is 5.69 Å². The normalized spacial score (nSPS) is 16.1. The van der Waals surface area contributed by atoms with Crippen molar-refractivity contribution in [3.8, 4) is 0 Å². The highest BCUT2D eigenvalue weighted by Gasteiger charge is 2.31. The van der Waals surface area contributed by atoms with Crippen LogP contribution in [0.5, 0.6) is 0 Å². The zero-order valence-corrected chi connectivity index (χ0v) is 12.8. The second-order valence-corrected chi connectivity index (χ2v) is 5.41. The largest absolute Gasteiger partial charge is 0.371 e. The van der Waals surface area contributed by atoms with E-state index in [1.165, 1.54) is 12.8 Å². The van der Waals surface area contributed by atoms with Gasteiger partial charge in [0, 0.05) is 25.2 Å². The first-order chi connectivity index (χ1) is 9.69. The van der Waals surface area contributed by atoms with E-state index < -0.39 is 0 Å². The Labute approximate surface area is 121 Å². The van der Waals surface area contributed by atoms with Crippen molar-refractivity contribution in [3.05, 3.63) is 22.6 Å². The van der Waals surface area contributed by atoms with Crippen LogP contribution in [0.1, 0.15) is 33.6 Å². The fourth-order valence-corrected chi connectivity index (χ4v) is 2.65. The molecule has 0 aromatic carbocycles. The predicted molar refractivity (Wildman–Crippen MR) is 82.2 cm³/mol. The van der Waals surface area contributed by atoms with Crippen molar-refractivity contribution in [2.45, 2.75) is 46.2 Å². The Morgan fingerprint density at radius 2 is 2.10 bits per heavy atom. The van der Waals surface area contributed by atoms with Crippen LogP contribution in [0.2, 0.25) is 0 Å². The quantitative estimate of drug-likeness (QED) is 0.782. The summed E-state index contributed by atoms with van der Waals surface area (Å²) in [4.78, 5) is 14.3. The topological polar surface area (TPSA) is 50.2 Å². The summed E-state index contributed by atoms with van der Waals surface area (Å²) in [5.74, 6) is 0.714. The lowest BCUT2D eigenvalue weighted by atomic mass is 10.2. The number of nitrogens with zero attached hydrogens (tertiary/aromatic N) is 3. The number of anilines is 1. The first kappa shape index (κ1) is 15.0. The first-order valence-electron chi connectivity index (χ1n) is 7.75. The lowest BCUT2D eigenvalue weighted by molar-refractivity contribution is 0.387. The molecule has 1 heterocycles. The molecule has 5 heteroatoms. The Kier molecular flexibility index (Phi) is 5.17. The van der Waals surface area contributed by atoms with Crippen molar-refractivity contribution < 1.29 is 0 Å². The van der Waals surface area contributed by atoms with Crippen LogP contribution in [0.3, 0.4) is 0 Å². The lowest BCUT2D eigenvalue weighted by Crippen LogP contribution is -2.39. The molecule has 2 rings (SSSR count). The van der Waals surface area contributed by atoms with E-state index in [2.05, 4.69) is 36.1 Å². The molecule has 0 radical (unpaired) electrons. The van der Waals surface area contributed by atoms with Crippen molar-refractivity contribution in [2.75, 3.05) is 24.5 Å². The Bertz CT molecular complexity index is 477. The van der Waals surface area contributed by atoms with Crippen LogP contribution in [-0.2, 0) is 6.54 Å². The maximum atomic E-state index is 12.2. The van der Waals surface area contributed by atoms with Gasteiger partial charge in [-0.2, -0.15) is 5.10 Å². The Hall–Kier alpha value is -1.36. The van der Waals surface area contributed by atoms with E-state index in [1.807, 2.05) is 6.20 Å². The minimum Gasteiger partial charge on any atom is -0.371 e. The third kappa shape index (κ3) is 3.60. The fourth-order valence-electron chi connectivity index (χ4n) is 2.65. The van der Waals surface area contributed by atoms with Crippen molar-refractivity contribution >= 4 is 5.69 Å². The van der Waals surface area contributed by atoms with Gasteiger partial charge in [0.1, 0.15) is 0 Å². The Balaban J connectivity index is 2.10. The maximum absolute atomic E-state index is 12.2. The molecule has 1 unspecified atom stereocenters. The number of aromatic nitrogens is 2. The molecule has 0 bridgehead atoms. The van der Waals surface area contributed by atoms with Gasteiger partial charge in [-0.3, -0.25) is 4.79 Å². The number of likely N-dealkylation sites (N-methyl/N-ethyl adjacent to an activating group) is 1. The second-order valence-electron chi connectivity index (χ2n) is 5.41. The average molecular weight is 278 g/mol. The van der Waals surface area contributed by atoms with Gasteiger partial charge in [0.15, 0.2) is 0 Å². The van der Waals surface area contributed by atoms with Crippen molar-refractivity contribution in [1.82, 2.24) is 15.1 Å². The average Bonchev–Trinajstić information content (AvgIpc) is 3.26. The molecule has 1 atom stereocenters. The van der Waals surface area contributed by atoms with Gasteiger partial charge in [0.25, 0.3) is 5.56 Å². The number of rotatable bonds is 8. The van der Waals surface area contributed by atoms with Crippen LogP contribution < -0.4 is 15.8 Å². The molecular formula is C15H26N4O. The molecule has 5 nitrogen and oxygen atoms in total. The minimum atomic E-state index is -0.00190. The van der Waals surface area contributed by atoms with Gasteiger partial charge < -0.3 is 10.2 Å². The maximum Gasteiger partial charge on any atom is 0.268 e. The van der Waals surface area contributed by atoms with Gasteiger partial charge >= 0.3 is 0 Å². The Morgan fingerprint density at radius 1 is 1.40 bits per heavy atom. The molecule has 112 valence electrons. The lowest BCUT2D eigenvalue weighted by Gasteiger charge is -2.21. The molecule has 1 N–H and O–H groups in total. The molecule has 0 spiro atoms. The molecule has 1 aliphatic rings. The predicted octanol–water partition coefficient (Wildman–Crippen LogP) is 1.48. The van der Waals surface area contributed by atoms with E-state index in [9.17, 15) is 4.79 Å². The molecule has 20 heavy (non-hydrogen) atoms. The van der Waals surface area contributed by atoms with E-state index in [0.717, 1.165) is 25.3 Å². The van der Waals surface area contributed by atoms with E-state index in [4.69, 9.17) is 0 Å². The fraction of sp³-hybridized carbons (Fsp3) is 0.733. The van der Waals surface area contributed by atoms with Gasteiger partial charge in [-0.25, -0.2) is 4.68 Å². The number of hydrogen-bond donors (Lipinski definition) is 1. The van der Waals surface area contributed by atoms with E-state index in [0.29, 0.717) is 18.5 Å². The van der Waals surface area contributed by atoms with E-state index in [-0.39, 0.29) is 5.56 Å². The molecule has 1 saturated carbocycles. The molecule has 0 saturated heterocycles. The number of hydrogen-bond acceptors (Lipinski definition) is 4. The third-order valence-corrected chi connectivity index (χ3v) is 4.01. The van der Waals surface area contributed by atoms with Gasteiger partial charge in [-0.15, -0.1) is 0 Å². The third-order valence-electron chi connectivity index (χ3n) is 4.01. The van der Waals surface area contributed by atoms with Crippen LogP contribution in [0.25, 0.3) is 0 Å². The van der Waals surface area contributed by atoms with Crippen LogP contribution in [0, 0.1) is 5.92 Å². The molecule has 0 amide bonds. The highest BCUT2D eigenvalue weighted by atomic mass is 16.1. The Morgan fingerprint density at radius 3 is 2.60 bits per heavy atom. The molecule has 0 aliphatic heterocycles. The summed E-state index contributed by atoms with van der Waals surface area (Å²) >= 11 is 0. The van der Waals surface area contributed by atoms with Crippen molar-refractivity contribution in [2.24, 2.45) is 5.92 Å². The monoisotopic (exact) mass is 278 g/mol. The second kappa shape index (κ2) is 6.88. The number of nitrogens with one attached hydrogen (secondary N) is 1. The van der Waals surface area contributed by atoms with Gasteiger partial charge in [-0.05, 0) is 39.2 Å². The summed E-state index contributed by atoms with van der Waals surface area (Å²) in [6, 6.07) is 2.08. The summed E-state index contributed by atoms with van der Waals surface area (Å²) in [6.45, 7) is 9.68. The van der Waals surface area contributed by atoms with Gasteiger partial charge in [0.2, 0.25) is 0 Å². The molecule has 1 aliphatic carbocycles. The summed E-state index contributed by atoms with van der Waals surface area (Å²) in [5, 5.41) is 7.82. The summed E-state index contributed by atoms with van der Waals surface area (Å²) < 4.78 is 1.60.